The largest absolute Gasteiger partial charge is 0.481 e. The number of β-amino-alcohol motifs (C(OH)–C–C–N with tert-alkyl or cyclic N) is 1. The van der Waals surface area contributed by atoms with Crippen LogP contribution in [-0.2, 0) is 9.59 Å². The lowest BCUT2D eigenvalue weighted by Crippen LogP contribution is -2.61. The van der Waals surface area contributed by atoms with Gasteiger partial charge in [-0.2, -0.15) is 0 Å². The first-order valence-electron chi connectivity index (χ1n) is 6.06. The van der Waals surface area contributed by atoms with Crippen molar-refractivity contribution in [1.82, 2.24) is 10.2 Å². The molecule has 1 aliphatic rings. The Balaban J connectivity index is 2.80. The predicted octanol–water partition coefficient (Wildman–Crippen LogP) is -2.43. The molecule has 1 rings (SSSR count). The Hall–Kier alpha value is -1.22. The van der Waals surface area contributed by atoms with Gasteiger partial charge in [0, 0.05) is 20.0 Å². The molecule has 8 heteroatoms. The van der Waals surface area contributed by atoms with E-state index < -0.39 is 36.9 Å². The van der Waals surface area contributed by atoms with Crippen molar-refractivity contribution in [1.29, 1.82) is 0 Å². The zero-order chi connectivity index (χ0) is 14.6. The fourth-order valence-electron chi connectivity index (χ4n) is 2.23. The number of aliphatic carboxylic acids is 1. The van der Waals surface area contributed by atoms with Crippen LogP contribution >= 0.6 is 0 Å². The molecule has 1 amide bonds. The van der Waals surface area contributed by atoms with Gasteiger partial charge >= 0.3 is 5.97 Å². The number of nitrogens with zero attached hydrogens (tertiary/aromatic N) is 1. The number of carbonyl (C=O) groups excluding carboxylic acids is 1. The van der Waals surface area contributed by atoms with Gasteiger partial charge in [0.1, 0.15) is 6.17 Å². The summed E-state index contributed by atoms with van der Waals surface area (Å²) >= 11 is 0. The quantitative estimate of drug-likeness (QED) is 0.377. The molecule has 0 bridgehead atoms. The first-order valence-corrected chi connectivity index (χ1v) is 6.06. The third-order valence-electron chi connectivity index (χ3n) is 3.10. The van der Waals surface area contributed by atoms with Crippen LogP contribution in [0.25, 0.3) is 0 Å². The average molecular weight is 276 g/mol. The molecule has 0 unspecified atom stereocenters. The van der Waals surface area contributed by atoms with E-state index in [0.29, 0.717) is 0 Å². The minimum Gasteiger partial charge on any atom is -0.481 e. The van der Waals surface area contributed by atoms with Crippen LogP contribution in [0.5, 0.6) is 0 Å². The van der Waals surface area contributed by atoms with Crippen molar-refractivity contribution in [3.05, 3.63) is 0 Å². The zero-order valence-corrected chi connectivity index (χ0v) is 10.7. The van der Waals surface area contributed by atoms with E-state index in [4.69, 9.17) is 10.2 Å². The zero-order valence-electron chi connectivity index (χ0n) is 10.7. The van der Waals surface area contributed by atoms with Gasteiger partial charge in [-0.1, -0.05) is 0 Å². The van der Waals surface area contributed by atoms with Gasteiger partial charge in [-0.05, 0) is 6.42 Å². The molecule has 1 fully saturated rings. The Labute approximate surface area is 110 Å². The highest BCUT2D eigenvalue weighted by Gasteiger charge is 2.39. The molecule has 1 heterocycles. The minimum atomic E-state index is -1.06. The molecule has 110 valence electrons. The standard InChI is InChI=1S/C11H20N2O6/c1-6(15)12-10-9(17)2-7(11(18)19)3-13(10)4-8(16)5-14/h7-10,14,16-17H,2-5H2,1H3,(H,12,15)(H,18,19)/t7-,8+,9+,10+/m1/s1. The van der Waals surface area contributed by atoms with Gasteiger partial charge in [-0.15, -0.1) is 0 Å². The SMILES string of the molecule is CC(=O)N[C@@H]1[C@@H](O)C[C@@H](C(=O)O)CN1C[C@H](O)CO. The van der Waals surface area contributed by atoms with Crippen molar-refractivity contribution < 1.29 is 30.0 Å². The fourth-order valence-corrected chi connectivity index (χ4v) is 2.23. The van der Waals surface area contributed by atoms with Crippen LogP contribution in [0.15, 0.2) is 0 Å². The number of aliphatic hydroxyl groups excluding tert-OH is 3. The van der Waals surface area contributed by atoms with E-state index in [0.717, 1.165) is 0 Å². The normalized spacial score (nSPS) is 29.8. The summed E-state index contributed by atoms with van der Waals surface area (Å²) in [6, 6.07) is 0. The van der Waals surface area contributed by atoms with E-state index in [-0.39, 0.29) is 25.4 Å². The smallest absolute Gasteiger partial charge is 0.307 e. The molecule has 0 aromatic heterocycles. The summed E-state index contributed by atoms with van der Waals surface area (Å²) in [5, 5.41) is 39.7. The third kappa shape index (κ3) is 4.43. The number of carboxylic acids is 1. The van der Waals surface area contributed by atoms with E-state index in [1.165, 1.54) is 11.8 Å². The van der Waals surface area contributed by atoms with E-state index in [1.807, 2.05) is 0 Å². The lowest BCUT2D eigenvalue weighted by Gasteiger charge is -2.42. The van der Waals surface area contributed by atoms with Crippen molar-refractivity contribution in [2.45, 2.75) is 31.7 Å². The van der Waals surface area contributed by atoms with Gasteiger partial charge in [0.05, 0.1) is 24.7 Å². The Morgan fingerprint density at radius 3 is 2.58 bits per heavy atom. The van der Waals surface area contributed by atoms with Crippen LogP contribution in [-0.4, -0.2) is 75.3 Å². The Bertz CT molecular complexity index is 337. The van der Waals surface area contributed by atoms with Gasteiger partial charge < -0.3 is 25.7 Å². The summed E-state index contributed by atoms with van der Waals surface area (Å²) in [7, 11) is 0. The number of carboxylic acid groups (broad SMARTS) is 1. The summed E-state index contributed by atoms with van der Waals surface area (Å²) in [6.07, 6.45) is -2.82. The number of nitrogens with one attached hydrogen (secondary N) is 1. The number of hydrogen-bond donors (Lipinski definition) is 5. The van der Waals surface area contributed by atoms with Crippen molar-refractivity contribution in [2.24, 2.45) is 5.92 Å². The summed E-state index contributed by atoms with van der Waals surface area (Å²) in [4.78, 5) is 23.6. The summed E-state index contributed by atoms with van der Waals surface area (Å²) in [5.41, 5.74) is 0. The summed E-state index contributed by atoms with van der Waals surface area (Å²) < 4.78 is 0. The van der Waals surface area contributed by atoms with E-state index in [2.05, 4.69) is 5.32 Å². The minimum absolute atomic E-state index is 0.0255. The van der Waals surface area contributed by atoms with Crippen molar-refractivity contribution in [3.8, 4) is 0 Å². The number of rotatable bonds is 5. The van der Waals surface area contributed by atoms with Gasteiger partial charge in [0.25, 0.3) is 0 Å². The molecule has 19 heavy (non-hydrogen) atoms. The van der Waals surface area contributed by atoms with Gasteiger partial charge in [0.2, 0.25) is 5.91 Å². The molecule has 0 aromatic rings. The molecule has 0 saturated carbocycles. The van der Waals surface area contributed by atoms with Gasteiger partial charge in [0.15, 0.2) is 0 Å². The van der Waals surface area contributed by atoms with E-state index in [1.54, 1.807) is 0 Å². The van der Waals surface area contributed by atoms with Crippen LogP contribution in [0.1, 0.15) is 13.3 Å². The van der Waals surface area contributed by atoms with Gasteiger partial charge in [-0.3, -0.25) is 14.5 Å². The second-order valence-electron chi connectivity index (χ2n) is 4.77. The molecule has 0 aromatic carbocycles. The maximum Gasteiger partial charge on any atom is 0.307 e. The molecule has 1 saturated heterocycles. The highest BCUT2D eigenvalue weighted by Crippen LogP contribution is 2.22. The fraction of sp³-hybridized carbons (Fsp3) is 0.818. The molecular weight excluding hydrogens is 256 g/mol. The molecule has 0 aliphatic carbocycles. The molecule has 5 N–H and O–H groups in total. The second kappa shape index (κ2) is 6.80. The maximum absolute atomic E-state index is 11.1. The predicted molar refractivity (Wildman–Crippen MR) is 64.0 cm³/mol. The monoisotopic (exact) mass is 276 g/mol. The maximum atomic E-state index is 11.1. The first kappa shape index (κ1) is 15.8. The highest BCUT2D eigenvalue weighted by molar-refractivity contribution is 5.73. The number of likely N-dealkylation sites (tertiary alicyclic amines) is 1. The molecular formula is C11H20N2O6. The number of hydrogen-bond acceptors (Lipinski definition) is 6. The van der Waals surface area contributed by atoms with Crippen LogP contribution < -0.4 is 5.32 Å². The molecule has 0 radical (unpaired) electrons. The Morgan fingerprint density at radius 2 is 2.11 bits per heavy atom. The molecule has 4 atom stereocenters. The van der Waals surface area contributed by atoms with Crippen LogP contribution in [0, 0.1) is 5.92 Å². The van der Waals surface area contributed by atoms with E-state index in [9.17, 15) is 19.8 Å². The lowest BCUT2D eigenvalue weighted by atomic mass is 9.93. The number of carbonyl (C=O) groups is 2. The molecule has 8 nitrogen and oxygen atoms in total. The van der Waals surface area contributed by atoms with Crippen molar-refractivity contribution in [2.75, 3.05) is 19.7 Å². The van der Waals surface area contributed by atoms with Crippen LogP contribution in [0.4, 0.5) is 0 Å². The Kier molecular flexibility index (Phi) is 5.67. The van der Waals surface area contributed by atoms with Crippen LogP contribution in [0.2, 0.25) is 0 Å². The summed E-state index contributed by atoms with van der Waals surface area (Å²) in [5.74, 6) is -2.17. The first-order chi connectivity index (χ1) is 8.85. The topological polar surface area (TPSA) is 130 Å². The highest BCUT2D eigenvalue weighted by atomic mass is 16.4. The number of amides is 1. The van der Waals surface area contributed by atoms with Crippen molar-refractivity contribution >= 4 is 11.9 Å². The van der Waals surface area contributed by atoms with Gasteiger partial charge in [-0.25, -0.2) is 0 Å². The second-order valence-corrected chi connectivity index (χ2v) is 4.77. The van der Waals surface area contributed by atoms with Crippen LogP contribution in [0.3, 0.4) is 0 Å². The third-order valence-corrected chi connectivity index (χ3v) is 3.10. The number of aliphatic hydroxyl groups is 3. The Morgan fingerprint density at radius 1 is 1.47 bits per heavy atom. The average Bonchev–Trinajstić information content (AvgIpc) is 2.32. The molecule has 0 spiro atoms. The summed E-state index contributed by atoms with van der Waals surface area (Å²) in [6.45, 7) is 0.879. The lowest BCUT2D eigenvalue weighted by molar-refractivity contribution is -0.149. The van der Waals surface area contributed by atoms with E-state index >= 15 is 0 Å². The molecule has 1 aliphatic heterocycles. The number of piperidine rings is 1. The van der Waals surface area contributed by atoms with Crippen molar-refractivity contribution in [3.63, 3.8) is 0 Å².